The number of halogens is 3. The molecule has 0 aromatic heterocycles. The molecule has 130 valence electrons. The number of aliphatic hydroxyl groups excluding tert-OH is 1. The van der Waals surface area contributed by atoms with E-state index in [2.05, 4.69) is 37.2 Å². The largest absolute Gasteiger partial charge is 0.466 e. The van der Waals surface area contributed by atoms with Crippen LogP contribution in [0.15, 0.2) is 26.3 Å². The molecule has 0 fully saturated rings. The number of methoxy groups -OCH3 is 1. The van der Waals surface area contributed by atoms with Crippen molar-refractivity contribution in [3.8, 4) is 0 Å². The lowest BCUT2D eigenvalue weighted by atomic mass is 10.1. The fourth-order valence-electron chi connectivity index (χ4n) is 2.34. The van der Waals surface area contributed by atoms with Crippen molar-refractivity contribution in [2.24, 2.45) is 0 Å². The zero-order valence-electron chi connectivity index (χ0n) is 13.0. The van der Waals surface area contributed by atoms with E-state index in [-0.39, 0.29) is 36.9 Å². The van der Waals surface area contributed by atoms with E-state index in [0.29, 0.717) is 19.7 Å². The van der Waals surface area contributed by atoms with Gasteiger partial charge in [-0.05, 0) is 50.4 Å². The molecule has 0 bridgehead atoms. The van der Waals surface area contributed by atoms with E-state index in [1.165, 1.54) is 12.0 Å². The minimum Gasteiger partial charge on any atom is -0.466 e. The van der Waals surface area contributed by atoms with Crippen molar-refractivity contribution in [2.45, 2.75) is 6.92 Å². The molecule has 2 N–H and O–H groups in total. The summed E-state index contributed by atoms with van der Waals surface area (Å²) < 4.78 is 6.04. The van der Waals surface area contributed by atoms with Crippen LogP contribution < -0.4 is 5.32 Å². The number of aliphatic hydroxyl groups is 1. The Morgan fingerprint density at radius 2 is 2.17 bits per heavy atom. The molecule has 24 heavy (non-hydrogen) atoms. The predicted molar refractivity (Wildman–Crippen MR) is 97.9 cm³/mol. The van der Waals surface area contributed by atoms with E-state index in [1.807, 2.05) is 6.92 Å². The van der Waals surface area contributed by atoms with Gasteiger partial charge in [0.25, 0.3) is 5.91 Å². The first-order chi connectivity index (χ1) is 11.3. The number of nitrogens with zero attached hydrogens (tertiary/aromatic N) is 1. The number of anilines is 1. The molecule has 1 heterocycles. The summed E-state index contributed by atoms with van der Waals surface area (Å²) in [7, 11) is 1.25. The molecule has 0 aliphatic carbocycles. The van der Waals surface area contributed by atoms with Gasteiger partial charge in [-0.2, -0.15) is 0 Å². The van der Waals surface area contributed by atoms with Crippen LogP contribution in [0.1, 0.15) is 5.56 Å². The summed E-state index contributed by atoms with van der Waals surface area (Å²) in [6, 6.07) is 1.80. The van der Waals surface area contributed by atoms with Gasteiger partial charge in [-0.3, -0.25) is 4.79 Å². The van der Waals surface area contributed by atoms with Crippen molar-refractivity contribution < 1.29 is 19.4 Å². The van der Waals surface area contributed by atoms with Crippen LogP contribution in [0.25, 0.3) is 0 Å². The second-order valence-corrected chi connectivity index (χ2v) is 7.12. The Balaban J connectivity index is 2.47. The van der Waals surface area contributed by atoms with E-state index in [1.54, 1.807) is 6.07 Å². The molecule has 0 unspecified atom stereocenters. The number of carbonyl (C=O) groups is 2. The normalized spacial score (nSPS) is 14.4. The van der Waals surface area contributed by atoms with Gasteiger partial charge in [-0.15, -0.1) is 0 Å². The highest BCUT2D eigenvalue weighted by molar-refractivity contribution is 9.11. The highest BCUT2D eigenvalue weighted by Crippen LogP contribution is 2.40. The van der Waals surface area contributed by atoms with Crippen molar-refractivity contribution in [1.82, 2.24) is 4.90 Å². The van der Waals surface area contributed by atoms with Gasteiger partial charge in [0.1, 0.15) is 5.70 Å². The van der Waals surface area contributed by atoms with Gasteiger partial charge in [-0.25, -0.2) is 4.79 Å². The fourth-order valence-corrected chi connectivity index (χ4v) is 3.92. The van der Waals surface area contributed by atoms with Gasteiger partial charge < -0.3 is 20.1 Å². The maximum atomic E-state index is 12.5. The Bertz CT molecular complexity index is 737. The SMILES string of the molecule is COC(=O)C1=C(Nc2c(C)cc(Br)c(Cl)c2Br)C(=O)N(CCO)C1. The molecule has 1 aromatic carbocycles. The van der Waals surface area contributed by atoms with Crippen LogP contribution in [-0.4, -0.2) is 48.7 Å². The van der Waals surface area contributed by atoms with Gasteiger partial charge >= 0.3 is 5.97 Å². The summed E-state index contributed by atoms with van der Waals surface area (Å²) in [5.74, 6) is -0.974. The third-order valence-electron chi connectivity index (χ3n) is 3.56. The topological polar surface area (TPSA) is 78.9 Å². The number of carbonyl (C=O) groups excluding carboxylic acids is 2. The molecule has 1 aliphatic rings. The first-order valence-corrected chi connectivity index (χ1v) is 8.90. The van der Waals surface area contributed by atoms with E-state index in [9.17, 15) is 9.59 Å². The number of rotatable bonds is 5. The molecular formula is C15H15Br2ClN2O4. The van der Waals surface area contributed by atoms with Gasteiger partial charge in [0.05, 0.1) is 41.0 Å². The highest BCUT2D eigenvalue weighted by Gasteiger charge is 2.35. The number of esters is 1. The Hall–Kier alpha value is -1.09. The zero-order chi connectivity index (χ0) is 18.0. The summed E-state index contributed by atoms with van der Waals surface area (Å²) in [4.78, 5) is 25.9. The first kappa shape index (κ1) is 19.2. The number of hydrogen-bond acceptors (Lipinski definition) is 5. The van der Waals surface area contributed by atoms with Crippen LogP contribution in [-0.2, 0) is 14.3 Å². The van der Waals surface area contributed by atoms with Gasteiger partial charge in [-0.1, -0.05) is 11.6 Å². The van der Waals surface area contributed by atoms with Crippen LogP contribution in [0.5, 0.6) is 0 Å². The quantitative estimate of drug-likeness (QED) is 0.499. The lowest BCUT2D eigenvalue weighted by Gasteiger charge is -2.17. The first-order valence-electron chi connectivity index (χ1n) is 6.94. The van der Waals surface area contributed by atoms with E-state index in [0.717, 1.165) is 5.56 Å². The maximum Gasteiger partial charge on any atom is 0.337 e. The lowest BCUT2D eigenvalue weighted by Crippen LogP contribution is -2.31. The number of benzene rings is 1. The Kier molecular flexibility index (Phi) is 6.30. The molecule has 0 saturated heterocycles. The summed E-state index contributed by atoms with van der Waals surface area (Å²) in [6.07, 6.45) is 0. The number of β-amino-alcohol motifs (C(OH)–C–C–N with tert-alkyl or cyclic N) is 1. The maximum absolute atomic E-state index is 12.5. The molecule has 0 atom stereocenters. The van der Waals surface area contributed by atoms with Gasteiger partial charge in [0.15, 0.2) is 0 Å². The van der Waals surface area contributed by atoms with Crippen molar-refractivity contribution >= 4 is 61.0 Å². The van der Waals surface area contributed by atoms with E-state index < -0.39 is 5.97 Å². The minimum atomic E-state index is -0.594. The van der Waals surface area contributed by atoms with Gasteiger partial charge in [0, 0.05) is 11.0 Å². The second kappa shape index (κ2) is 7.86. The smallest absolute Gasteiger partial charge is 0.337 e. The molecule has 1 aromatic rings. The highest BCUT2D eigenvalue weighted by atomic mass is 79.9. The molecule has 0 spiro atoms. The van der Waals surface area contributed by atoms with Crippen molar-refractivity contribution in [3.05, 3.63) is 36.9 Å². The molecule has 2 rings (SSSR count). The third kappa shape index (κ3) is 3.61. The third-order valence-corrected chi connectivity index (χ3v) is 5.83. The Morgan fingerprint density at radius 3 is 2.75 bits per heavy atom. The summed E-state index contributed by atoms with van der Waals surface area (Å²) >= 11 is 13.0. The summed E-state index contributed by atoms with van der Waals surface area (Å²) in [5, 5.41) is 12.5. The zero-order valence-corrected chi connectivity index (χ0v) is 16.9. The Labute approximate surface area is 161 Å². The van der Waals surface area contributed by atoms with Crippen LogP contribution >= 0.6 is 43.5 Å². The number of ether oxygens (including phenoxy) is 1. The second-order valence-electron chi connectivity index (χ2n) is 5.10. The molecule has 1 aliphatic heterocycles. The van der Waals surface area contributed by atoms with Gasteiger partial charge in [0.2, 0.25) is 0 Å². The molecule has 9 heteroatoms. The fraction of sp³-hybridized carbons (Fsp3) is 0.333. The number of hydrogen-bond donors (Lipinski definition) is 2. The predicted octanol–water partition coefficient (Wildman–Crippen LogP) is 2.85. The van der Waals surface area contributed by atoms with Crippen molar-refractivity contribution in [2.75, 3.05) is 32.1 Å². The van der Waals surface area contributed by atoms with E-state index in [4.69, 9.17) is 21.4 Å². The lowest BCUT2D eigenvalue weighted by molar-refractivity contribution is -0.136. The summed E-state index contributed by atoms with van der Waals surface area (Å²) in [6.45, 7) is 1.86. The molecule has 0 radical (unpaired) electrons. The average Bonchev–Trinajstić information content (AvgIpc) is 2.85. The van der Waals surface area contributed by atoms with Crippen LogP contribution in [0.2, 0.25) is 5.02 Å². The number of amides is 1. The van der Waals surface area contributed by atoms with Crippen molar-refractivity contribution in [3.63, 3.8) is 0 Å². The molecule has 1 amide bonds. The Morgan fingerprint density at radius 1 is 1.50 bits per heavy atom. The summed E-state index contributed by atoms with van der Waals surface area (Å²) in [5.41, 5.74) is 1.74. The number of nitrogens with one attached hydrogen (secondary N) is 1. The monoisotopic (exact) mass is 480 g/mol. The average molecular weight is 483 g/mol. The van der Waals surface area contributed by atoms with Crippen LogP contribution in [0.4, 0.5) is 5.69 Å². The van der Waals surface area contributed by atoms with E-state index >= 15 is 0 Å². The number of aryl methyl sites for hydroxylation is 1. The molecular weight excluding hydrogens is 467 g/mol. The van der Waals surface area contributed by atoms with Crippen LogP contribution in [0, 0.1) is 6.92 Å². The molecule has 0 saturated carbocycles. The minimum absolute atomic E-state index is 0.0787. The standard InChI is InChI=1S/C15H15Br2ClN2O4/c1-7-5-9(16)11(18)10(17)12(7)19-13-8(15(23)24-2)6-20(3-4-21)14(13)22/h5,19,21H,3-4,6H2,1-2H3. The van der Waals surface area contributed by atoms with Crippen LogP contribution in [0.3, 0.4) is 0 Å². The molecule has 6 nitrogen and oxygen atoms in total. The van der Waals surface area contributed by atoms with Crippen molar-refractivity contribution in [1.29, 1.82) is 0 Å².